The van der Waals surface area contributed by atoms with E-state index in [4.69, 9.17) is 4.74 Å². The smallest absolute Gasteiger partial charge is 0.258 e. The molecule has 2 aliphatic heterocycles. The summed E-state index contributed by atoms with van der Waals surface area (Å²) in [5.41, 5.74) is 1.70. The molecular weight excluding hydrogens is 364 g/mol. The lowest BCUT2D eigenvalue weighted by molar-refractivity contribution is 0.0661. The second kappa shape index (κ2) is 7.35. The van der Waals surface area contributed by atoms with Gasteiger partial charge in [0, 0.05) is 24.6 Å². The number of carbonyl (C=O) groups excluding carboxylic acids is 1. The van der Waals surface area contributed by atoms with E-state index in [1.165, 1.54) is 0 Å². The fraction of sp³-hybridized carbons (Fsp3) is 0.348. The molecule has 0 unspecified atom stereocenters. The van der Waals surface area contributed by atoms with Gasteiger partial charge < -0.3 is 14.2 Å². The molecule has 6 heteroatoms. The molecule has 1 aromatic heterocycles. The van der Waals surface area contributed by atoms with Crippen LogP contribution < -0.4 is 4.74 Å². The van der Waals surface area contributed by atoms with E-state index in [0.29, 0.717) is 17.9 Å². The van der Waals surface area contributed by atoms with Crippen LogP contribution in [-0.4, -0.2) is 44.3 Å². The first-order valence-electron chi connectivity index (χ1n) is 10.3. The number of nitrogens with zero attached hydrogens (tertiary/aromatic N) is 4. The summed E-state index contributed by atoms with van der Waals surface area (Å²) >= 11 is 0. The van der Waals surface area contributed by atoms with Gasteiger partial charge in [-0.25, -0.2) is 0 Å². The van der Waals surface area contributed by atoms with Gasteiger partial charge in [-0.2, -0.15) is 0 Å². The highest BCUT2D eigenvalue weighted by Crippen LogP contribution is 2.35. The van der Waals surface area contributed by atoms with Crippen LogP contribution in [0, 0.1) is 0 Å². The zero-order valence-corrected chi connectivity index (χ0v) is 16.5. The van der Waals surface area contributed by atoms with Crippen LogP contribution in [0.1, 0.15) is 35.9 Å². The Morgan fingerprint density at radius 1 is 1.03 bits per heavy atom. The molecular formula is C23H24N4O2. The normalized spacial score (nSPS) is 20.2. The molecule has 3 aromatic rings. The summed E-state index contributed by atoms with van der Waals surface area (Å²) in [6, 6.07) is 18.0. The Morgan fingerprint density at radius 3 is 2.62 bits per heavy atom. The van der Waals surface area contributed by atoms with Gasteiger partial charge in [0.1, 0.15) is 11.6 Å². The number of benzene rings is 2. The quantitative estimate of drug-likeness (QED) is 0.686. The first-order valence-corrected chi connectivity index (χ1v) is 10.3. The predicted molar refractivity (Wildman–Crippen MR) is 110 cm³/mol. The third kappa shape index (κ3) is 3.09. The van der Waals surface area contributed by atoms with Crippen molar-refractivity contribution in [3.63, 3.8) is 0 Å². The Balaban J connectivity index is 1.48. The predicted octanol–water partition coefficient (Wildman–Crippen LogP) is 3.57. The molecule has 0 radical (unpaired) electrons. The van der Waals surface area contributed by atoms with Gasteiger partial charge >= 0.3 is 0 Å². The molecule has 29 heavy (non-hydrogen) atoms. The minimum atomic E-state index is 0.0570. The van der Waals surface area contributed by atoms with Crippen molar-refractivity contribution in [3.8, 4) is 17.1 Å². The van der Waals surface area contributed by atoms with E-state index < -0.39 is 0 Å². The lowest BCUT2D eigenvalue weighted by atomic mass is 10.1. The number of ether oxygens (including phenoxy) is 1. The van der Waals surface area contributed by atoms with Gasteiger partial charge in [0.05, 0.1) is 18.2 Å². The Labute approximate surface area is 170 Å². The van der Waals surface area contributed by atoms with Gasteiger partial charge in [0.2, 0.25) is 0 Å². The van der Waals surface area contributed by atoms with Gasteiger partial charge in [-0.15, -0.1) is 10.2 Å². The number of para-hydroxylation sites is 1. The summed E-state index contributed by atoms with van der Waals surface area (Å²) in [7, 11) is 0. The highest BCUT2D eigenvalue weighted by molar-refractivity contribution is 5.97. The van der Waals surface area contributed by atoms with E-state index in [1.54, 1.807) is 0 Å². The Hall–Kier alpha value is -3.15. The minimum Gasteiger partial charge on any atom is -0.493 e. The van der Waals surface area contributed by atoms with E-state index >= 15 is 0 Å². The van der Waals surface area contributed by atoms with Crippen LogP contribution in [0.4, 0.5) is 0 Å². The van der Waals surface area contributed by atoms with Crippen LogP contribution in [-0.2, 0) is 13.0 Å². The highest BCUT2D eigenvalue weighted by Gasteiger charge is 2.42. The summed E-state index contributed by atoms with van der Waals surface area (Å²) in [6.45, 7) is 3.21. The molecule has 1 fully saturated rings. The average molecular weight is 388 g/mol. The number of amides is 1. The largest absolute Gasteiger partial charge is 0.493 e. The third-order valence-corrected chi connectivity index (χ3v) is 5.94. The Bertz CT molecular complexity index is 1030. The first kappa shape index (κ1) is 17.9. The molecule has 1 amide bonds. The van der Waals surface area contributed by atoms with Crippen LogP contribution in [0.2, 0.25) is 0 Å². The molecule has 0 N–H and O–H groups in total. The summed E-state index contributed by atoms with van der Waals surface area (Å²) in [6.07, 6.45) is 2.73. The van der Waals surface area contributed by atoms with E-state index in [1.807, 2.05) is 49.4 Å². The van der Waals surface area contributed by atoms with Gasteiger partial charge in [-0.3, -0.25) is 4.79 Å². The number of hydrogen-bond donors (Lipinski definition) is 0. The molecule has 0 saturated carbocycles. The zero-order valence-electron chi connectivity index (χ0n) is 16.5. The average Bonchev–Trinajstić information content (AvgIpc) is 3.28. The molecule has 1 saturated heterocycles. The molecule has 6 nitrogen and oxygen atoms in total. The van der Waals surface area contributed by atoms with Crippen LogP contribution in [0.25, 0.3) is 11.4 Å². The molecule has 2 atom stereocenters. The second-order valence-electron chi connectivity index (χ2n) is 7.65. The van der Waals surface area contributed by atoms with Gasteiger partial charge in [-0.05, 0) is 31.9 Å². The number of hydrogen-bond acceptors (Lipinski definition) is 4. The Morgan fingerprint density at radius 2 is 1.79 bits per heavy atom. The maximum Gasteiger partial charge on any atom is 0.258 e. The molecule has 148 valence electrons. The molecule has 2 bridgehead atoms. The lowest BCUT2D eigenvalue weighted by Gasteiger charge is -2.28. The van der Waals surface area contributed by atoms with Gasteiger partial charge in [0.15, 0.2) is 5.82 Å². The van der Waals surface area contributed by atoms with Crippen molar-refractivity contribution < 1.29 is 9.53 Å². The molecule has 0 spiro atoms. The van der Waals surface area contributed by atoms with E-state index in [0.717, 1.165) is 43.0 Å². The summed E-state index contributed by atoms with van der Waals surface area (Å²) in [5, 5.41) is 8.94. The highest BCUT2D eigenvalue weighted by atomic mass is 16.5. The van der Waals surface area contributed by atoms with E-state index in [2.05, 4.69) is 31.8 Å². The van der Waals surface area contributed by atoms with Crippen LogP contribution in [0.3, 0.4) is 0 Å². The van der Waals surface area contributed by atoms with Crippen molar-refractivity contribution in [2.45, 2.75) is 44.8 Å². The zero-order chi connectivity index (χ0) is 19.8. The van der Waals surface area contributed by atoms with Crippen molar-refractivity contribution in [2.24, 2.45) is 0 Å². The van der Waals surface area contributed by atoms with Crippen LogP contribution in [0.15, 0.2) is 54.6 Å². The third-order valence-electron chi connectivity index (χ3n) is 5.94. The van der Waals surface area contributed by atoms with Crippen molar-refractivity contribution in [1.29, 1.82) is 0 Å². The SMILES string of the molecule is CCOc1ccccc1C(=O)N1[C@@H]2CC[C@H]1Cc1nnc(-c3ccccc3)n1C2. The molecule has 5 rings (SSSR count). The molecule has 2 aromatic carbocycles. The van der Waals surface area contributed by atoms with E-state index in [-0.39, 0.29) is 18.0 Å². The van der Waals surface area contributed by atoms with Crippen molar-refractivity contribution in [1.82, 2.24) is 19.7 Å². The number of aromatic nitrogens is 3. The van der Waals surface area contributed by atoms with Crippen LogP contribution in [0.5, 0.6) is 5.75 Å². The van der Waals surface area contributed by atoms with E-state index in [9.17, 15) is 4.79 Å². The summed E-state index contributed by atoms with van der Waals surface area (Å²) < 4.78 is 7.92. The number of fused-ring (bicyclic) bond motifs is 3. The van der Waals surface area contributed by atoms with Crippen molar-refractivity contribution >= 4 is 5.91 Å². The fourth-order valence-corrected chi connectivity index (χ4v) is 4.64. The number of carbonyl (C=O) groups is 1. The molecule has 0 aliphatic carbocycles. The summed E-state index contributed by atoms with van der Waals surface area (Å²) in [5.74, 6) is 2.57. The first-order chi connectivity index (χ1) is 14.3. The van der Waals surface area contributed by atoms with Crippen molar-refractivity contribution in [3.05, 3.63) is 66.0 Å². The standard InChI is InChI=1S/C23H24N4O2/c1-2-29-20-11-7-6-10-19(20)23(28)27-17-12-13-18(27)15-26-21(14-17)24-25-22(26)16-8-4-3-5-9-16/h3-11,17-18H,2,12-15H2,1H3/t17-,18+/m0/s1. The second-order valence-corrected chi connectivity index (χ2v) is 7.65. The van der Waals surface area contributed by atoms with Gasteiger partial charge in [-0.1, -0.05) is 42.5 Å². The number of rotatable bonds is 4. The molecule has 3 heterocycles. The maximum atomic E-state index is 13.5. The summed E-state index contributed by atoms with van der Waals surface area (Å²) in [4.78, 5) is 15.6. The molecule has 2 aliphatic rings. The fourth-order valence-electron chi connectivity index (χ4n) is 4.64. The van der Waals surface area contributed by atoms with Crippen LogP contribution >= 0.6 is 0 Å². The minimum absolute atomic E-state index is 0.0570. The van der Waals surface area contributed by atoms with Crippen molar-refractivity contribution in [2.75, 3.05) is 6.61 Å². The maximum absolute atomic E-state index is 13.5. The Kier molecular flexibility index (Phi) is 4.54. The van der Waals surface area contributed by atoms with Gasteiger partial charge in [0.25, 0.3) is 5.91 Å². The monoisotopic (exact) mass is 388 g/mol. The topological polar surface area (TPSA) is 60.2 Å². The lowest BCUT2D eigenvalue weighted by Crippen LogP contribution is -2.42.